The molecule has 0 spiro atoms. The topological polar surface area (TPSA) is 47.6 Å². The molecule has 0 saturated heterocycles. The number of nitrogens with one attached hydrogen (secondary N) is 1. The highest BCUT2D eigenvalue weighted by atomic mass is 16.7. The maximum absolute atomic E-state index is 12.6. The van der Waals surface area contributed by atoms with Crippen LogP contribution in [-0.4, -0.2) is 12.6 Å². The number of unbranched alkanes of at least 4 members (excludes halogenated alkanes) is 3. The van der Waals surface area contributed by atoms with Crippen LogP contribution in [0.5, 0.6) is 5.75 Å². The Morgan fingerprint density at radius 1 is 0.862 bits per heavy atom. The maximum atomic E-state index is 12.6. The third kappa shape index (κ3) is 7.90. The quantitative estimate of drug-likeness (QED) is 0.331. The smallest absolute Gasteiger partial charge is 0.357 e. The lowest BCUT2D eigenvalue weighted by molar-refractivity contribution is 0.0236. The second-order valence-electron chi connectivity index (χ2n) is 7.34. The van der Waals surface area contributed by atoms with Crippen molar-refractivity contribution >= 4 is 5.97 Å². The molecule has 0 radical (unpaired) electrons. The summed E-state index contributed by atoms with van der Waals surface area (Å²) in [5, 5.41) is 0. The summed E-state index contributed by atoms with van der Waals surface area (Å²) < 4.78 is 5.44. The van der Waals surface area contributed by atoms with Gasteiger partial charge in [0.2, 0.25) is 0 Å². The number of hydroxylamine groups is 1. The van der Waals surface area contributed by atoms with Crippen LogP contribution in [0.3, 0.4) is 0 Å². The van der Waals surface area contributed by atoms with Crippen LogP contribution in [0.4, 0.5) is 0 Å². The summed E-state index contributed by atoms with van der Waals surface area (Å²) in [6, 6.07) is 13.9. The van der Waals surface area contributed by atoms with Gasteiger partial charge in [0.1, 0.15) is 5.75 Å². The molecule has 0 aliphatic heterocycles. The number of hydrogen-bond donors (Lipinski definition) is 1. The first kappa shape index (κ1) is 23.0. The molecule has 2 aromatic rings. The van der Waals surface area contributed by atoms with Gasteiger partial charge in [0, 0.05) is 0 Å². The van der Waals surface area contributed by atoms with Crippen LogP contribution in [0.2, 0.25) is 0 Å². The maximum Gasteiger partial charge on any atom is 0.357 e. The van der Waals surface area contributed by atoms with Crippen molar-refractivity contribution in [1.82, 2.24) is 5.48 Å². The minimum atomic E-state index is -0.315. The Hall–Kier alpha value is -2.33. The fraction of sp³-hybridized carbons (Fsp3) is 0.480. The number of ether oxygens (including phenoxy) is 1. The van der Waals surface area contributed by atoms with Crippen molar-refractivity contribution in [3.8, 4) is 5.75 Å². The molecule has 1 N–H and O–H groups in total. The average molecular weight is 398 g/mol. The molecule has 0 aliphatic rings. The van der Waals surface area contributed by atoms with Crippen LogP contribution in [-0.2, 0) is 24.2 Å². The number of carbonyl (C=O) groups is 1. The first-order valence-electron chi connectivity index (χ1n) is 11.0. The highest BCUT2D eigenvalue weighted by molar-refractivity contribution is 5.91. The minimum absolute atomic E-state index is 0.315. The predicted molar refractivity (Wildman–Crippen MR) is 118 cm³/mol. The van der Waals surface area contributed by atoms with Crippen LogP contribution < -0.4 is 10.2 Å². The second kappa shape index (κ2) is 13.0. The van der Waals surface area contributed by atoms with Crippen LogP contribution in [0.25, 0.3) is 0 Å². The molecule has 4 heteroatoms. The van der Waals surface area contributed by atoms with Gasteiger partial charge >= 0.3 is 5.97 Å². The third-order valence-corrected chi connectivity index (χ3v) is 4.93. The number of aryl methyl sites for hydroxylation is 2. The summed E-state index contributed by atoms with van der Waals surface area (Å²) in [6.07, 6.45) is 7.74. The first-order valence-corrected chi connectivity index (χ1v) is 11.0. The minimum Gasteiger partial charge on any atom is -0.494 e. The first-order chi connectivity index (χ1) is 14.2. The van der Waals surface area contributed by atoms with Crippen molar-refractivity contribution < 1.29 is 14.4 Å². The van der Waals surface area contributed by atoms with Gasteiger partial charge in [0.05, 0.1) is 18.7 Å². The lowest BCUT2D eigenvalue weighted by Gasteiger charge is -2.12. The van der Waals surface area contributed by atoms with E-state index in [4.69, 9.17) is 9.57 Å². The molecule has 4 nitrogen and oxygen atoms in total. The lowest BCUT2D eigenvalue weighted by atomic mass is 9.97. The number of hydrogen-bond acceptors (Lipinski definition) is 4. The van der Waals surface area contributed by atoms with E-state index in [0.717, 1.165) is 36.1 Å². The Bertz CT molecular complexity index is 740. The van der Waals surface area contributed by atoms with Crippen LogP contribution >= 0.6 is 0 Å². The van der Waals surface area contributed by atoms with Gasteiger partial charge < -0.3 is 9.57 Å². The molecule has 0 heterocycles. The standard InChI is InChI=1S/C25H35NO3/c1-4-7-9-11-22-18-20(10-8-5-2)14-17-24(22)25(27)29-26-19-21-12-15-23(16-13-21)28-6-3/h12-18,26H,4-11,19H2,1-3H3. The van der Waals surface area contributed by atoms with Crippen molar-refractivity contribution in [3.63, 3.8) is 0 Å². The summed E-state index contributed by atoms with van der Waals surface area (Å²) in [4.78, 5) is 18.0. The zero-order valence-corrected chi connectivity index (χ0v) is 18.1. The summed E-state index contributed by atoms with van der Waals surface area (Å²) >= 11 is 0. The van der Waals surface area contributed by atoms with E-state index in [1.165, 1.54) is 31.2 Å². The fourth-order valence-corrected chi connectivity index (χ4v) is 3.27. The summed E-state index contributed by atoms with van der Waals surface area (Å²) in [6.45, 7) is 7.45. The van der Waals surface area contributed by atoms with Gasteiger partial charge in [-0.1, -0.05) is 57.4 Å². The zero-order valence-electron chi connectivity index (χ0n) is 18.1. The van der Waals surface area contributed by atoms with E-state index < -0.39 is 0 Å². The molecule has 0 bridgehead atoms. The lowest BCUT2D eigenvalue weighted by Crippen LogP contribution is -2.20. The molecule has 0 atom stereocenters. The highest BCUT2D eigenvalue weighted by Crippen LogP contribution is 2.18. The van der Waals surface area contributed by atoms with Crippen LogP contribution in [0, 0.1) is 0 Å². The SMILES string of the molecule is CCCCCc1cc(CCCC)ccc1C(=O)ONCc1ccc(OCC)cc1. The predicted octanol–water partition coefficient (Wildman–Crippen LogP) is 6.02. The normalized spacial score (nSPS) is 10.7. The van der Waals surface area contributed by atoms with Gasteiger partial charge in [-0.25, -0.2) is 4.79 Å². The van der Waals surface area contributed by atoms with Crippen molar-refractivity contribution in [3.05, 3.63) is 64.7 Å². The van der Waals surface area contributed by atoms with E-state index in [1.807, 2.05) is 37.3 Å². The molecule has 0 aromatic heterocycles. The Morgan fingerprint density at radius 2 is 1.59 bits per heavy atom. The van der Waals surface area contributed by atoms with E-state index >= 15 is 0 Å². The highest BCUT2D eigenvalue weighted by Gasteiger charge is 2.14. The van der Waals surface area contributed by atoms with Crippen molar-refractivity contribution in [2.24, 2.45) is 0 Å². The van der Waals surface area contributed by atoms with Crippen LogP contribution in [0.15, 0.2) is 42.5 Å². The third-order valence-electron chi connectivity index (χ3n) is 4.93. The summed E-state index contributed by atoms with van der Waals surface area (Å²) in [5.41, 5.74) is 6.90. The Balaban J connectivity index is 1.96. The van der Waals surface area contributed by atoms with Crippen molar-refractivity contribution in [2.45, 2.75) is 72.3 Å². The fourth-order valence-electron chi connectivity index (χ4n) is 3.27. The van der Waals surface area contributed by atoms with Gasteiger partial charge in [-0.3, -0.25) is 0 Å². The second-order valence-corrected chi connectivity index (χ2v) is 7.34. The molecule has 2 aromatic carbocycles. The molecule has 0 fully saturated rings. The number of carbonyl (C=O) groups excluding carboxylic acids is 1. The molecule has 29 heavy (non-hydrogen) atoms. The van der Waals surface area contributed by atoms with Gasteiger partial charge in [-0.15, -0.1) is 5.48 Å². The number of benzene rings is 2. The molecule has 0 unspecified atom stereocenters. The largest absolute Gasteiger partial charge is 0.494 e. The molecule has 0 saturated carbocycles. The Labute approximate surface area is 175 Å². The Kier molecular flexibility index (Phi) is 10.3. The van der Waals surface area contributed by atoms with E-state index in [-0.39, 0.29) is 5.97 Å². The average Bonchev–Trinajstić information content (AvgIpc) is 2.74. The zero-order chi connectivity index (χ0) is 20.9. The molecule has 158 valence electrons. The molecular formula is C25H35NO3. The molecular weight excluding hydrogens is 362 g/mol. The van der Waals surface area contributed by atoms with Gasteiger partial charge in [0.25, 0.3) is 0 Å². The summed E-state index contributed by atoms with van der Waals surface area (Å²) in [5.74, 6) is 0.526. The van der Waals surface area contributed by atoms with Gasteiger partial charge in [-0.2, -0.15) is 0 Å². The molecule has 0 amide bonds. The molecule has 0 aliphatic carbocycles. The van der Waals surface area contributed by atoms with Gasteiger partial charge in [0.15, 0.2) is 0 Å². The monoisotopic (exact) mass is 397 g/mol. The van der Waals surface area contributed by atoms with Crippen molar-refractivity contribution in [2.75, 3.05) is 6.61 Å². The van der Waals surface area contributed by atoms with Crippen LogP contribution in [0.1, 0.15) is 79.9 Å². The van der Waals surface area contributed by atoms with E-state index in [2.05, 4.69) is 31.5 Å². The van der Waals surface area contributed by atoms with Crippen molar-refractivity contribution in [1.29, 1.82) is 0 Å². The molecule has 2 rings (SSSR count). The van der Waals surface area contributed by atoms with E-state index in [9.17, 15) is 4.79 Å². The van der Waals surface area contributed by atoms with E-state index in [0.29, 0.717) is 18.7 Å². The summed E-state index contributed by atoms with van der Waals surface area (Å²) in [7, 11) is 0. The number of rotatable bonds is 13. The van der Waals surface area contributed by atoms with E-state index in [1.54, 1.807) is 0 Å². The van der Waals surface area contributed by atoms with Gasteiger partial charge in [-0.05, 0) is 67.5 Å². The Morgan fingerprint density at radius 3 is 2.28 bits per heavy atom.